The van der Waals surface area contributed by atoms with Gasteiger partial charge in [-0.1, -0.05) is 54.6 Å². The number of nitriles is 1. The van der Waals surface area contributed by atoms with Gasteiger partial charge in [0.25, 0.3) is 0 Å². The number of amides is 1. The van der Waals surface area contributed by atoms with Crippen LogP contribution in [0.1, 0.15) is 21.7 Å². The molecule has 322 valence electrons. The third-order valence-electron chi connectivity index (χ3n) is 10.7. The van der Waals surface area contributed by atoms with E-state index in [0.717, 1.165) is 16.2 Å². The topological polar surface area (TPSA) is 220 Å². The lowest BCUT2D eigenvalue weighted by Gasteiger charge is -2.37. The number of likely N-dealkylation sites (tertiary alicyclic amines) is 1. The largest absolute Gasteiger partial charge is 0.497 e. The highest BCUT2D eigenvalue weighted by Crippen LogP contribution is 2.45. The van der Waals surface area contributed by atoms with Crippen LogP contribution in [0.5, 0.6) is 17.2 Å². The fourth-order valence-corrected chi connectivity index (χ4v) is 12.2. The van der Waals surface area contributed by atoms with Crippen LogP contribution >= 0.6 is 11.3 Å². The molecule has 5 aromatic carbocycles. The van der Waals surface area contributed by atoms with Gasteiger partial charge >= 0.3 is 6.09 Å². The number of thiazole rings is 1. The number of para-hydroxylation sites is 1. The van der Waals surface area contributed by atoms with Crippen LogP contribution in [0.15, 0.2) is 113 Å². The number of nitrogens with zero attached hydrogens (tertiary/aromatic N) is 8. The van der Waals surface area contributed by atoms with Crippen molar-refractivity contribution in [3.05, 3.63) is 125 Å². The molecule has 1 N–H and O–H groups in total. The second-order valence-corrected chi connectivity index (χ2v) is 19.5. The molecule has 0 bridgehead atoms. The minimum Gasteiger partial charge on any atom is -0.497 e. The van der Waals surface area contributed by atoms with Gasteiger partial charge in [-0.25, -0.2) is 31.3 Å². The second-order valence-electron chi connectivity index (χ2n) is 14.4. The summed E-state index contributed by atoms with van der Waals surface area (Å²) in [6, 6.07) is 30.7. The third-order valence-corrected chi connectivity index (χ3v) is 15.7. The first-order valence-corrected chi connectivity index (χ1v) is 23.0. The maximum Gasteiger partial charge on any atom is 0.407 e. The average molecular weight is 907 g/mol. The van der Waals surface area contributed by atoms with Gasteiger partial charge in [0.05, 0.1) is 48.5 Å². The van der Waals surface area contributed by atoms with Crippen molar-refractivity contribution in [1.82, 2.24) is 34.4 Å². The zero-order valence-corrected chi connectivity index (χ0v) is 36.4. The molecule has 20 heteroatoms. The molecule has 1 aliphatic heterocycles. The molecule has 0 spiro atoms. The van der Waals surface area contributed by atoms with E-state index in [2.05, 4.69) is 26.6 Å². The summed E-state index contributed by atoms with van der Waals surface area (Å²) in [5.41, 5.74) is 2.67. The van der Waals surface area contributed by atoms with Crippen LogP contribution in [-0.2, 0) is 39.5 Å². The first-order valence-electron chi connectivity index (χ1n) is 19.2. The molecule has 7 aromatic rings. The van der Waals surface area contributed by atoms with Gasteiger partial charge < -0.3 is 24.2 Å². The van der Waals surface area contributed by atoms with Crippen LogP contribution in [0.4, 0.5) is 4.79 Å². The zero-order chi connectivity index (χ0) is 44.5. The van der Waals surface area contributed by atoms with Crippen molar-refractivity contribution in [2.45, 2.75) is 34.7 Å². The molecule has 1 saturated heterocycles. The van der Waals surface area contributed by atoms with Gasteiger partial charge in [0, 0.05) is 31.7 Å². The van der Waals surface area contributed by atoms with E-state index in [1.165, 1.54) is 42.4 Å². The van der Waals surface area contributed by atoms with Crippen LogP contribution in [0.3, 0.4) is 0 Å². The van der Waals surface area contributed by atoms with E-state index in [1.807, 2.05) is 0 Å². The van der Waals surface area contributed by atoms with Gasteiger partial charge in [-0.3, -0.25) is 0 Å². The Bertz CT molecular complexity index is 3040. The number of hydrogen-bond donors (Lipinski definition) is 1. The highest BCUT2D eigenvalue weighted by Gasteiger charge is 2.45. The number of sulfone groups is 1. The molecule has 8 rings (SSSR count). The van der Waals surface area contributed by atoms with Crippen molar-refractivity contribution < 1.29 is 40.9 Å². The number of rotatable bonds is 15. The Labute approximate surface area is 366 Å². The van der Waals surface area contributed by atoms with Crippen LogP contribution in [0.2, 0.25) is 0 Å². The molecule has 2 aromatic heterocycles. The highest BCUT2D eigenvalue weighted by atomic mass is 32.2. The number of hydrogen-bond acceptors (Lipinski definition) is 14. The molecular weight excluding hydrogens is 869 g/mol. The number of methoxy groups -OCH3 is 3. The lowest BCUT2D eigenvalue weighted by Crippen LogP contribution is -2.56. The van der Waals surface area contributed by atoms with E-state index >= 15 is 8.42 Å². The Morgan fingerprint density at radius 2 is 1.38 bits per heavy atom. The van der Waals surface area contributed by atoms with Crippen molar-refractivity contribution >= 4 is 47.5 Å². The first kappa shape index (κ1) is 42.8. The van der Waals surface area contributed by atoms with Crippen LogP contribution in [0.25, 0.3) is 32.7 Å². The van der Waals surface area contributed by atoms with E-state index in [9.17, 15) is 23.6 Å². The number of tetrazole rings is 1. The fraction of sp³-hybridized carbons (Fsp3) is 0.209. The summed E-state index contributed by atoms with van der Waals surface area (Å²) in [6.07, 6.45) is -1.30. The van der Waals surface area contributed by atoms with Gasteiger partial charge in [0.1, 0.15) is 33.5 Å². The van der Waals surface area contributed by atoms with Gasteiger partial charge in [0.15, 0.2) is 20.7 Å². The molecule has 1 amide bonds. The zero-order valence-electron chi connectivity index (χ0n) is 33.9. The summed E-state index contributed by atoms with van der Waals surface area (Å²) in [7, 11) is -5.00. The Hall–Kier alpha value is -6.92. The van der Waals surface area contributed by atoms with Crippen molar-refractivity contribution in [2.24, 2.45) is 0 Å². The standard InChI is InChI=1S/C43H38N8O9S3/c1-58-30-13-7-27(8-14-30)22-50(23-28-9-15-31(59-2)16-10-28)63(56,57)41-37(62(54,55)33-25-49(26-33)43(52)53)20-19-34(35-5-4-6-36-40(35)45-38(21-44)61-36)39(41)42-46-47-48-51(42)24-29-11-17-32(60-3)18-12-29/h4-20,33H,22-26H2,1-3H3,(H,52,53). The summed E-state index contributed by atoms with van der Waals surface area (Å²) < 4.78 is 81.3. The van der Waals surface area contributed by atoms with E-state index < -0.39 is 41.0 Å². The number of carboxylic acid groups (broad SMARTS) is 1. The minimum absolute atomic E-state index is 0.0271. The van der Waals surface area contributed by atoms with Gasteiger partial charge in [-0.2, -0.15) is 9.57 Å². The Morgan fingerprint density at radius 3 is 1.92 bits per heavy atom. The number of benzene rings is 5. The summed E-state index contributed by atoms with van der Waals surface area (Å²) >= 11 is 1.14. The maximum absolute atomic E-state index is 16.1. The molecule has 0 radical (unpaired) electrons. The summed E-state index contributed by atoms with van der Waals surface area (Å²) in [6.45, 7) is -1.16. The van der Waals surface area contributed by atoms with E-state index in [1.54, 1.807) is 91.0 Å². The molecule has 0 aliphatic carbocycles. The molecule has 0 saturated carbocycles. The quantitative estimate of drug-likeness (QED) is 0.123. The molecule has 1 fully saturated rings. The average Bonchev–Trinajstić information content (AvgIpc) is 3.92. The summed E-state index contributed by atoms with van der Waals surface area (Å²) in [4.78, 5) is 16.2. The lowest BCUT2D eigenvalue weighted by molar-refractivity contribution is 0.120. The van der Waals surface area contributed by atoms with Crippen molar-refractivity contribution in [1.29, 1.82) is 5.26 Å². The molecule has 0 atom stereocenters. The van der Waals surface area contributed by atoms with Crippen LogP contribution < -0.4 is 14.2 Å². The van der Waals surface area contributed by atoms with Gasteiger partial charge in [-0.15, -0.1) is 16.4 Å². The smallest absolute Gasteiger partial charge is 0.407 e. The molecule has 1 aliphatic rings. The Kier molecular flexibility index (Phi) is 11.8. The van der Waals surface area contributed by atoms with Gasteiger partial charge in [0.2, 0.25) is 10.0 Å². The fourth-order valence-electron chi connectivity index (χ4n) is 7.29. The summed E-state index contributed by atoms with van der Waals surface area (Å²) in [5.74, 6) is 1.60. The molecule has 63 heavy (non-hydrogen) atoms. The maximum atomic E-state index is 16.1. The number of ether oxygens (including phenoxy) is 3. The Balaban J connectivity index is 1.43. The molecule has 17 nitrogen and oxygen atoms in total. The third kappa shape index (κ3) is 8.38. The normalized spacial score (nSPS) is 13.2. The number of fused-ring (bicyclic) bond motifs is 1. The highest BCUT2D eigenvalue weighted by molar-refractivity contribution is 7.94. The van der Waals surface area contributed by atoms with E-state index in [-0.39, 0.29) is 54.7 Å². The van der Waals surface area contributed by atoms with Crippen molar-refractivity contribution in [2.75, 3.05) is 34.4 Å². The molecular formula is C43H38N8O9S3. The van der Waals surface area contributed by atoms with Crippen LogP contribution in [-0.4, -0.2) is 102 Å². The number of carbonyl (C=O) groups is 1. The van der Waals surface area contributed by atoms with E-state index in [0.29, 0.717) is 49.7 Å². The molecule has 0 unspecified atom stereocenters. The van der Waals surface area contributed by atoms with Crippen LogP contribution in [0, 0.1) is 11.3 Å². The number of sulfonamides is 1. The minimum atomic E-state index is -4.96. The van der Waals surface area contributed by atoms with Gasteiger partial charge in [-0.05, 0) is 81.2 Å². The second kappa shape index (κ2) is 17.5. The SMILES string of the molecule is COc1ccc(CN(Cc2ccc(OC)cc2)S(=O)(=O)c2c(S(=O)(=O)C3CN(C(=O)O)C3)ccc(-c3cccc4sc(C#N)nc34)c2-c2nnnn2Cc2ccc(OC)cc2)cc1. The number of aromatic nitrogens is 5. The lowest BCUT2D eigenvalue weighted by atomic mass is 9.98. The predicted octanol–water partition coefficient (Wildman–Crippen LogP) is 6.09. The monoisotopic (exact) mass is 906 g/mol. The van der Waals surface area contributed by atoms with E-state index in [4.69, 9.17) is 14.2 Å². The summed E-state index contributed by atoms with van der Waals surface area (Å²) in [5, 5.41) is 31.1. The Morgan fingerprint density at radius 1 is 0.810 bits per heavy atom. The predicted molar refractivity (Wildman–Crippen MR) is 232 cm³/mol. The van der Waals surface area contributed by atoms with Crippen molar-refractivity contribution in [3.63, 3.8) is 0 Å². The first-order chi connectivity index (χ1) is 30.3. The van der Waals surface area contributed by atoms with Crippen molar-refractivity contribution in [3.8, 4) is 45.8 Å². The molecule has 3 heterocycles.